The van der Waals surface area contributed by atoms with Crippen molar-refractivity contribution in [3.8, 4) is 0 Å². The number of carboxylic acids is 1. The van der Waals surface area contributed by atoms with Crippen molar-refractivity contribution < 1.29 is 14.7 Å². The fourth-order valence-corrected chi connectivity index (χ4v) is 2.41. The molecule has 0 radical (unpaired) electrons. The molecule has 0 bridgehead atoms. The molecule has 4 nitrogen and oxygen atoms in total. The predicted molar refractivity (Wildman–Crippen MR) is 65.7 cm³/mol. The summed E-state index contributed by atoms with van der Waals surface area (Å²) in [6.07, 6.45) is 4.95. The number of nitrogens with zero attached hydrogens (tertiary/aromatic N) is 1. The SMILES string of the molecule is CC(C)CC(=O)N(CCC(=O)O)C1CCCC1. The Morgan fingerprint density at radius 2 is 1.88 bits per heavy atom. The van der Waals surface area contributed by atoms with Gasteiger partial charge >= 0.3 is 5.97 Å². The summed E-state index contributed by atoms with van der Waals surface area (Å²) in [6, 6.07) is 0.278. The standard InChI is InChI=1S/C13H23NO3/c1-10(2)9-12(15)14(8-7-13(16)17)11-5-3-4-6-11/h10-11H,3-9H2,1-2H3,(H,16,17). The van der Waals surface area contributed by atoms with E-state index in [-0.39, 0.29) is 18.4 Å². The summed E-state index contributed by atoms with van der Waals surface area (Å²) in [5, 5.41) is 8.73. The summed E-state index contributed by atoms with van der Waals surface area (Å²) in [6.45, 7) is 4.40. The maximum Gasteiger partial charge on any atom is 0.305 e. The molecule has 0 aromatic rings. The van der Waals surface area contributed by atoms with Crippen LogP contribution in [-0.2, 0) is 9.59 Å². The van der Waals surface area contributed by atoms with Crippen LogP contribution in [0.2, 0.25) is 0 Å². The first-order valence-corrected chi connectivity index (χ1v) is 6.52. The highest BCUT2D eigenvalue weighted by molar-refractivity contribution is 5.77. The maximum atomic E-state index is 12.1. The summed E-state index contributed by atoms with van der Waals surface area (Å²) in [5.41, 5.74) is 0. The molecule has 1 aliphatic rings. The minimum atomic E-state index is -0.828. The van der Waals surface area contributed by atoms with Crippen LogP contribution in [0.15, 0.2) is 0 Å². The summed E-state index contributed by atoms with van der Waals surface area (Å²) in [5.74, 6) is -0.380. The van der Waals surface area contributed by atoms with Crippen LogP contribution >= 0.6 is 0 Å². The van der Waals surface area contributed by atoms with Crippen molar-refractivity contribution in [3.63, 3.8) is 0 Å². The van der Waals surface area contributed by atoms with Crippen molar-refractivity contribution in [1.29, 1.82) is 0 Å². The van der Waals surface area contributed by atoms with Gasteiger partial charge < -0.3 is 10.0 Å². The lowest BCUT2D eigenvalue weighted by Gasteiger charge is -2.29. The maximum absolute atomic E-state index is 12.1. The number of carboxylic acid groups (broad SMARTS) is 1. The number of rotatable bonds is 6. The molecule has 4 heteroatoms. The van der Waals surface area contributed by atoms with Crippen molar-refractivity contribution in [3.05, 3.63) is 0 Å². The van der Waals surface area contributed by atoms with E-state index in [0.29, 0.717) is 18.9 Å². The highest BCUT2D eigenvalue weighted by Crippen LogP contribution is 2.24. The summed E-state index contributed by atoms with van der Waals surface area (Å²) >= 11 is 0. The van der Waals surface area contributed by atoms with Crippen LogP contribution in [-0.4, -0.2) is 34.5 Å². The molecule has 1 rings (SSSR count). The molecule has 1 fully saturated rings. The highest BCUT2D eigenvalue weighted by atomic mass is 16.4. The van der Waals surface area contributed by atoms with Crippen molar-refractivity contribution in [2.24, 2.45) is 5.92 Å². The Balaban J connectivity index is 2.56. The molecule has 0 aromatic heterocycles. The molecule has 1 aliphatic carbocycles. The van der Waals surface area contributed by atoms with E-state index in [4.69, 9.17) is 5.11 Å². The molecule has 98 valence electrons. The second kappa shape index (κ2) is 6.62. The van der Waals surface area contributed by atoms with Gasteiger partial charge in [-0.2, -0.15) is 0 Å². The molecule has 1 N–H and O–H groups in total. The van der Waals surface area contributed by atoms with E-state index in [9.17, 15) is 9.59 Å². The van der Waals surface area contributed by atoms with Gasteiger partial charge in [0.25, 0.3) is 0 Å². The van der Waals surface area contributed by atoms with Crippen molar-refractivity contribution >= 4 is 11.9 Å². The molecule has 0 aromatic carbocycles. The number of hydrogen-bond donors (Lipinski definition) is 1. The number of hydrogen-bond acceptors (Lipinski definition) is 2. The second-order valence-electron chi connectivity index (χ2n) is 5.27. The fraction of sp³-hybridized carbons (Fsp3) is 0.846. The van der Waals surface area contributed by atoms with E-state index in [0.717, 1.165) is 25.7 Å². The van der Waals surface area contributed by atoms with Gasteiger partial charge in [-0.1, -0.05) is 26.7 Å². The third-order valence-electron chi connectivity index (χ3n) is 3.24. The number of carbonyl (C=O) groups excluding carboxylic acids is 1. The van der Waals surface area contributed by atoms with Gasteiger partial charge in [-0.3, -0.25) is 9.59 Å². The Bertz CT molecular complexity index is 270. The lowest BCUT2D eigenvalue weighted by atomic mass is 10.1. The monoisotopic (exact) mass is 241 g/mol. The molecule has 0 heterocycles. The Kier molecular flexibility index (Phi) is 5.45. The minimum absolute atomic E-state index is 0.0559. The first-order valence-electron chi connectivity index (χ1n) is 6.52. The molecular weight excluding hydrogens is 218 g/mol. The molecule has 1 amide bonds. The molecule has 17 heavy (non-hydrogen) atoms. The first-order chi connectivity index (χ1) is 8.00. The topological polar surface area (TPSA) is 57.6 Å². The normalized spacial score (nSPS) is 16.4. The number of aliphatic carboxylic acids is 1. The Morgan fingerprint density at radius 1 is 1.29 bits per heavy atom. The van der Waals surface area contributed by atoms with E-state index < -0.39 is 5.97 Å². The average Bonchev–Trinajstić information content (AvgIpc) is 2.69. The zero-order valence-electron chi connectivity index (χ0n) is 10.8. The number of carbonyl (C=O) groups is 2. The van der Waals surface area contributed by atoms with Crippen LogP contribution < -0.4 is 0 Å². The van der Waals surface area contributed by atoms with E-state index in [2.05, 4.69) is 0 Å². The minimum Gasteiger partial charge on any atom is -0.481 e. The quantitative estimate of drug-likeness (QED) is 0.776. The molecule has 0 atom stereocenters. The summed E-state index contributed by atoms with van der Waals surface area (Å²) in [4.78, 5) is 24.5. The Labute approximate surface area is 103 Å². The van der Waals surface area contributed by atoms with Crippen LogP contribution in [0.1, 0.15) is 52.4 Å². The van der Waals surface area contributed by atoms with Crippen molar-refractivity contribution in [1.82, 2.24) is 4.90 Å². The van der Waals surface area contributed by atoms with Crippen LogP contribution in [0.5, 0.6) is 0 Å². The van der Waals surface area contributed by atoms with Crippen molar-refractivity contribution in [2.45, 2.75) is 58.4 Å². The van der Waals surface area contributed by atoms with Gasteiger partial charge in [0.15, 0.2) is 0 Å². The van der Waals surface area contributed by atoms with Gasteiger partial charge in [0.1, 0.15) is 0 Å². The Morgan fingerprint density at radius 3 is 2.35 bits per heavy atom. The lowest BCUT2D eigenvalue weighted by Crippen LogP contribution is -2.40. The molecule has 0 spiro atoms. The van der Waals surface area contributed by atoms with Crippen LogP contribution in [0.3, 0.4) is 0 Å². The summed E-state index contributed by atoms with van der Waals surface area (Å²) in [7, 11) is 0. The fourth-order valence-electron chi connectivity index (χ4n) is 2.41. The van der Waals surface area contributed by atoms with E-state index in [1.165, 1.54) is 0 Å². The highest BCUT2D eigenvalue weighted by Gasteiger charge is 2.26. The van der Waals surface area contributed by atoms with E-state index in [1.54, 1.807) is 4.90 Å². The second-order valence-corrected chi connectivity index (χ2v) is 5.27. The zero-order chi connectivity index (χ0) is 12.8. The molecule has 1 saturated carbocycles. The number of amides is 1. The molecular formula is C13H23NO3. The van der Waals surface area contributed by atoms with Gasteiger partial charge in [-0.25, -0.2) is 0 Å². The van der Waals surface area contributed by atoms with Gasteiger partial charge in [-0.05, 0) is 18.8 Å². The Hall–Kier alpha value is -1.06. The van der Waals surface area contributed by atoms with E-state index in [1.807, 2.05) is 13.8 Å². The predicted octanol–water partition coefficient (Wildman–Crippen LogP) is 2.28. The zero-order valence-corrected chi connectivity index (χ0v) is 10.8. The van der Waals surface area contributed by atoms with Gasteiger partial charge in [0.2, 0.25) is 5.91 Å². The molecule has 0 unspecified atom stereocenters. The summed E-state index contributed by atoms with van der Waals surface area (Å²) < 4.78 is 0. The third-order valence-corrected chi connectivity index (χ3v) is 3.24. The smallest absolute Gasteiger partial charge is 0.305 e. The largest absolute Gasteiger partial charge is 0.481 e. The van der Waals surface area contributed by atoms with Crippen LogP contribution in [0.25, 0.3) is 0 Å². The van der Waals surface area contributed by atoms with Gasteiger partial charge in [-0.15, -0.1) is 0 Å². The van der Waals surface area contributed by atoms with Gasteiger partial charge in [0, 0.05) is 19.0 Å². The lowest BCUT2D eigenvalue weighted by molar-refractivity contribution is -0.139. The molecule has 0 saturated heterocycles. The van der Waals surface area contributed by atoms with Crippen LogP contribution in [0.4, 0.5) is 0 Å². The third kappa shape index (κ3) is 4.75. The van der Waals surface area contributed by atoms with Gasteiger partial charge in [0.05, 0.1) is 6.42 Å². The van der Waals surface area contributed by atoms with E-state index >= 15 is 0 Å². The average molecular weight is 241 g/mol. The molecule has 0 aliphatic heterocycles. The van der Waals surface area contributed by atoms with Crippen molar-refractivity contribution in [2.75, 3.05) is 6.54 Å². The van der Waals surface area contributed by atoms with Crippen LogP contribution in [0, 0.1) is 5.92 Å². The first kappa shape index (κ1) is 14.0.